The Bertz CT molecular complexity index is 551. The Morgan fingerprint density at radius 1 is 1.15 bits per heavy atom. The van der Waals surface area contributed by atoms with Crippen LogP contribution in [0.2, 0.25) is 0 Å². The predicted molar refractivity (Wildman–Crippen MR) is 101 cm³/mol. The topological polar surface area (TPSA) is 60.0 Å². The Kier molecular flexibility index (Phi) is 7.29. The van der Waals surface area contributed by atoms with Crippen LogP contribution in [-0.2, 0) is 14.3 Å². The van der Waals surface area contributed by atoms with Gasteiger partial charge in [0.15, 0.2) is 0 Å². The molecular formula is C20H30N2O4. The van der Waals surface area contributed by atoms with Gasteiger partial charge in [0.2, 0.25) is 5.91 Å². The largest absolute Gasteiger partial charge is 0.492 e. The van der Waals surface area contributed by atoms with Crippen LogP contribution in [0.5, 0.6) is 5.75 Å². The highest BCUT2D eigenvalue weighted by Crippen LogP contribution is 2.24. The van der Waals surface area contributed by atoms with Gasteiger partial charge >= 0.3 is 0 Å². The van der Waals surface area contributed by atoms with Gasteiger partial charge in [-0.05, 0) is 44.7 Å². The molecule has 144 valence electrons. The first-order chi connectivity index (χ1) is 12.7. The van der Waals surface area contributed by atoms with Crippen LogP contribution in [0, 0.1) is 0 Å². The molecule has 2 aliphatic rings. The SMILES string of the molecule is CCOc1ccccc1NC(=O)CN(C[C@H]1CCCO1)C[C@H]1CCCO1. The van der Waals surface area contributed by atoms with Crippen LogP contribution in [0.3, 0.4) is 0 Å². The number of hydrogen-bond acceptors (Lipinski definition) is 5. The van der Waals surface area contributed by atoms with Gasteiger partial charge in [-0.1, -0.05) is 12.1 Å². The number of carbonyl (C=O) groups excluding carboxylic acids is 1. The van der Waals surface area contributed by atoms with Crippen LogP contribution >= 0.6 is 0 Å². The van der Waals surface area contributed by atoms with Crippen molar-refractivity contribution in [2.24, 2.45) is 0 Å². The van der Waals surface area contributed by atoms with Gasteiger partial charge in [0.1, 0.15) is 5.75 Å². The Morgan fingerprint density at radius 3 is 2.38 bits per heavy atom. The predicted octanol–water partition coefficient (Wildman–Crippen LogP) is 2.68. The van der Waals surface area contributed by atoms with Gasteiger partial charge in [-0.15, -0.1) is 0 Å². The summed E-state index contributed by atoms with van der Waals surface area (Å²) < 4.78 is 17.1. The number of hydrogen-bond donors (Lipinski definition) is 1. The average Bonchev–Trinajstić information content (AvgIpc) is 3.31. The van der Waals surface area contributed by atoms with E-state index in [-0.39, 0.29) is 18.1 Å². The van der Waals surface area contributed by atoms with Gasteiger partial charge in [0.05, 0.1) is 31.0 Å². The molecule has 0 bridgehead atoms. The van der Waals surface area contributed by atoms with Crippen molar-refractivity contribution < 1.29 is 19.0 Å². The van der Waals surface area contributed by atoms with Crippen molar-refractivity contribution >= 4 is 11.6 Å². The lowest BCUT2D eigenvalue weighted by atomic mass is 10.2. The first kappa shape index (κ1) is 19.1. The molecular weight excluding hydrogens is 332 g/mol. The van der Waals surface area contributed by atoms with Crippen molar-refractivity contribution in [2.75, 3.05) is 44.8 Å². The second kappa shape index (κ2) is 9.90. The van der Waals surface area contributed by atoms with E-state index in [1.165, 1.54) is 0 Å². The standard InChI is InChI=1S/C20H30N2O4/c1-2-24-19-10-4-3-9-18(19)21-20(23)15-22(13-16-7-5-11-25-16)14-17-8-6-12-26-17/h3-4,9-10,16-17H,2,5-8,11-15H2,1H3,(H,21,23)/t16-,17-/m1/s1. The van der Waals surface area contributed by atoms with Gasteiger partial charge in [-0.2, -0.15) is 0 Å². The summed E-state index contributed by atoms with van der Waals surface area (Å²) in [7, 11) is 0. The molecule has 6 heteroatoms. The van der Waals surface area contributed by atoms with Gasteiger partial charge in [0, 0.05) is 26.3 Å². The number of nitrogens with one attached hydrogen (secondary N) is 1. The van der Waals surface area contributed by atoms with Gasteiger partial charge < -0.3 is 19.5 Å². The Balaban J connectivity index is 1.58. The number of para-hydroxylation sites is 2. The molecule has 0 saturated carbocycles. The van der Waals surface area contributed by atoms with Crippen LogP contribution in [0.1, 0.15) is 32.6 Å². The molecule has 2 aliphatic heterocycles. The second-order valence-electron chi connectivity index (χ2n) is 6.94. The fraction of sp³-hybridized carbons (Fsp3) is 0.650. The summed E-state index contributed by atoms with van der Waals surface area (Å²) in [5.41, 5.74) is 0.716. The van der Waals surface area contributed by atoms with Crippen LogP contribution in [0.4, 0.5) is 5.69 Å². The average molecular weight is 362 g/mol. The highest BCUT2D eigenvalue weighted by atomic mass is 16.5. The highest BCUT2D eigenvalue weighted by Gasteiger charge is 2.25. The maximum Gasteiger partial charge on any atom is 0.238 e. The van der Waals surface area contributed by atoms with E-state index in [2.05, 4.69) is 10.2 Å². The number of benzene rings is 1. The first-order valence-electron chi connectivity index (χ1n) is 9.72. The van der Waals surface area contributed by atoms with Gasteiger partial charge in [0.25, 0.3) is 0 Å². The molecule has 2 saturated heterocycles. The van der Waals surface area contributed by atoms with Crippen molar-refractivity contribution in [3.05, 3.63) is 24.3 Å². The van der Waals surface area contributed by atoms with Crippen molar-refractivity contribution in [1.29, 1.82) is 0 Å². The number of ether oxygens (including phenoxy) is 3. The molecule has 1 amide bonds. The van der Waals surface area contributed by atoms with E-state index in [1.54, 1.807) is 0 Å². The molecule has 2 atom stereocenters. The van der Waals surface area contributed by atoms with E-state index >= 15 is 0 Å². The van der Waals surface area contributed by atoms with Crippen molar-refractivity contribution in [3.8, 4) is 5.75 Å². The van der Waals surface area contributed by atoms with Crippen molar-refractivity contribution in [3.63, 3.8) is 0 Å². The molecule has 1 N–H and O–H groups in total. The van der Waals surface area contributed by atoms with E-state index in [0.29, 0.717) is 24.6 Å². The maximum atomic E-state index is 12.6. The summed E-state index contributed by atoms with van der Waals surface area (Å²) in [6.45, 7) is 6.04. The third kappa shape index (κ3) is 5.69. The van der Waals surface area contributed by atoms with E-state index in [9.17, 15) is 4.79 Å². The Labute approximate surface area is 155 Å². The monoisotopic (exact) mass is 362 g/mol. The Hall–Kier alpha value is -1.63. The molecule has 0 aromatic heterocycles. The minimum absolute atomic E-state index is 0.0341. The summed E-state index contributed by atoms with van der Waals surface area (Å²) in [5, 5.41) is 2.99. The fourth-order valence-electron chi connectivity index (χ4n) is 3.60. The second-order valence-corrected chi connectivity index (χ2v) is 6.94. The van der Waals surface area contributed by atoms with Gasteiger partial charge in [-0.25, -0.2) is 0 Å². The molecule has 2 heterocycles. The summed E-state index contributed by atoms with van der Waals surface area (Å²) in [6, 6.07) is 7.54. The van der Waals surface area contributed by atoms with E-state index in [1.807, 2.05) is 31.2 Å². The third-order valence-corrected chi connectivity index (χ3v) is 4.80. The summed E-state index contributed by atoms with van der Waals surface area (Å²) in [5.74, 6) is 0.668. The van der Waals surface area contributed by atoms with E-state index in [0.717, 1.165) is 52.0 Å². The lowest BCUT2D eigenvalue weighted by Gasteiger charge is -2.27. The molecule has 0 aliphatic carbocycles. The fourth-order valence-corrected chi connectivity index (χ4v) is 3.60. The number of amides is 1. The third-order valence-electron chi connectivity index (χ3n) is 4.80. The molecule has 0 radical (unpaired) electrons. The van der Waals surface area contributed by atoms with Crippen LogP contribution in [0.15, 0.2) is 24.3 Å². The van der Waals surface area contributed by atoms with E-state index < -0.39 is 0 Å². The van der Waals surface area contributed by atoms with Crippen LogP contribution < -0.4 is 10.1 Å². The van der Waals surface area contributed by atoms with Crippen LogP contribution in [-0.4, -0.2) is 62.5 Å². The number of carbonyl (C=O) groups is 1. The highest BCUT2D eigenvalue weighted by molar-refractivity contribution is 5.93. The summed E-state index contributed by atoms with van der Waals surface area (Å²) >= 11 is 0. The summed E-state index contributed by atoms with van der Waals surface area (Å²) in [6.07, 6.45) is 4.78. The quantitative estimate of drug-likeness (QED) is 0.732. The number of rotatable bonds is 9. The van der Waals surface area contributed by atoms with Gasteiger partial charge in [-0.3, -0.25) is 9.69 Å². The first-order valence-corrected chi connectivity index (χ1v) is 9.72. The molecule has 3 rings (SSSR count). The van der Waals surface area contributed by atoms with Crippen molar-refractivity contribution in [2.45, 2.75) is 44.8 Å². The zero-order chi connectivity index (χ0) is 18.2. The number of nitrogens with zero attached hydrogens (tertiary/aromatic N) is 1. The summed E-state index contributed by atoms with van der Waals surface area (Å²) in [4.78, 5) is 14.8. The molecule has 2 fully saturated rings. The molecule has 1 aromatic carbocycles. The lowest BCUT2D eigenvalue weighted by Crippen LogP contribution is -2.42. The molecule has 0 spiro atoms. The number of anilines is 1. The molecule has 6 nitrogen and oxygen atoms in total. The van der Waals surface area contributed by atoms with Crippen molar-refractivity contribution in [1.82, 2.24) is 4.90 Å². The van der Waals surface area contributed by atoms with E-state index in [4.69, 9.17) is 14.2 Å². The molecule has 0 unspecified atom stereocenters. The normalized spacial score (nSPS) is 22.7. The zero-order valence-corrected chi connectivity index (χ0v) is 15.6. The zero-order valence-electron chi connectivity index (χ0n) is 15.6. The minimum Gasteiger partial charge on any atom is -0.492 e. The molecule has 26 heavy (non-hydrogen) atoms. The minimum atomic E-state index is -0.0341. The maximum absolute atomic E-state index is 12.6. The molecule has 1 aromatic rings. The smallest absolute Gasteiger partial charge is 0.238 e. The Morgan fingerprint density at radius 2 is 1.81 bits per heavy atom. The van der Waals surface area contributed by atoms with Crippen LogP contribution in [0.25, 0.3) is 0 Å². The lowest BCUT2D eigenvalue weighted by molar-refractivity contribution is -0.118.